The van der Waals surface area contributed by atoms with Crippen molar-refractivity contribution < 1.29 is 24.2 Å². The molecule has 1 atom stereocenters. The van der Waals surface area contributed by atoms with Crippen LogP contribution in [0.15, 0.2) is 11.3 Å². The molecule has 3 N–H and O–H groups in total. The topological polar surface area (TPSA) is 113 Å². The lowest BCUT2D eigenvalue weighted by molar-refractivity contribution is -0.143. The molecule has 0 aromatic heterocycles. The van der Waals surface area contributed by atoms with Crippen molar-refractivity contribution in [1.82, 2.24) is 10.0 Å². The summed E-state index contributed by atoms with van der Waals surface area (Å²) in [6, 6.07) is -0.762. The maximum Gasteiger partial charge on any atom is 0.354 e. The molecular weight excluding hydrogens is 290 g/mol. The van der Waals surface area contributed by atoms with Crippen LogP contribution < -0.4 is 5.73 Å². The number of carboxylic acids is 1. The number of nitrogens with two attached hydrogens (primary N) is 1. The minimum absolute atomic E-state index is 0. The second-order valence-corrected chi connectivity index (χ2v) is 4.37. The van der Waals surface area contributed by atoms with Gasteiger partial charge in [0, 0.05) is 6.54 Å². The van der Waals surface area contributed by atoms with Gasteiger partial charge < -0.3 is 15.6 Å². The highest BCUT2D eigenvalue weighted by atomic mass is 35.5. The molecular formula is C11H16ClN3O5. The number of amides is 1. The Labute approximate surface area is 121 Å². The van der Waals surface area contributed by atoms with Gasteiger partial charge >= 0.3 is 11.9 Å². The number of fused-ring (bicyclic) bond motifs is 1. The molecule has 0 aromatic rings. The smallest absolute Gasteiger partial charge is 0.354 e. The molecule has 2 aliphatic heterocycles. The summed E-state index contributed by atoms with van der Waals surface area (Å²) >= 11 is 0. The lowest BCUT2D eigenvalue weighted by Gasteiger charge is -2.18. The van der Waals surface area contributed by atoms with Gasteiger partial charge in [-0.05, 0) is 6.42 Å². The van der Waals surface area contributed by atoms with Gasteiger partial charge in [0.05, 0.1) is 18.7 Å². The highest BCUT2D eigenvalue weighted by Gasteiger charge is 2.48. The van der Waals surface area contributed by atoms with Crippen LogP contribution in [0, 0.1) is 0 Å². The van der Waals surface area contributed by atoms with Gasteiger partial charge in [-0.1, -0.05) is 6.92 Å². The van der Waals surface area contributed by atoms with Crippen LogP contribution in [0.5, 0.6) is 0 Å². The lowest BCUT2D eigenvalue weighted by atomic mass is 10.2. The Hall–Kier alpha value is -1.64. The highest BCUT2D eigenvalue weighted by molar-refractivity contribution is 6.04. The molecule has 0 radical (unpaired) electrons. The van der Waals surface area contributed by atoms with Crippen molar-refractivity contribution in [2.75, 3.05) is 19.7 Å². The van der Waals surface area contributed by atoms with Crippen LogP contribution in [0.2, 0.25) is 0 Å². The average molecular weight is 306 g/mol. The first-order valence-corrected chi connectivity index (χ1v) is 5.95. The Balaban J connectivity index is 0.00000200. The Morgan fingerprint density at radius 3 is 2.70 bits per heavy atom. The van der Waals surface area contributed by atoms with Crippen molar-refractivity contribution in [3.8, 4) is 0 Å². The second kappa shape index (κ2) is 6.21. The van der Waals surface area contributed by atoms with Crippen molar-refractivity contribution in [2.24, 2.45) is 5.73 Å². The van der Waals surface area contributed by atoms with Crippen molar-refractivity contribution in [2.45, 2.75) is 19.4 Å². The molecule has 2 aliphatic rings. The maximum absolute atomic E-state index is 11.8. The van der Waals surface area contributed by atoms with Gasteiger partial charge in [0.15, 0.2) is 5.70 Å². The quantitative estimate of drug-likeness (QED) is 0.647. The molecule has 0 aliphatic carbocycles. The summed E-state index contributed by atoms with van der Waals surface area (Å²) in [5.41, 5.74) is 5.21. The third kappa shape index (κ3) is 2.62. The summed E-state index contributed by atoms with van der Waals surface area (Å²) < 4.78 is 4.93. The van der Waals surface area contributed by atoms with Crippen molar-refractivity contribution >= 4 is 30.3 Å². The van der Waals surface area contributed by atoms with Crippen LogP contribution in [-0.4, -0.2) is 58.7 Å². The van der Waals surface area contributed by atoms with Gasteiger partial charge in [-0.2, -0.15) is 0 Å². The SMILES string of the molecule is CCCOC(=O)C1=C(C(=O)O)N2C(=O)[C@@H](N)CN2C1.Cl. The second-order valence-electron chi connectivity index (χ2n) is 4.37. The van der Waals surface area contributed by atoms with E-state index in [1.807, 2.05) is 6.92 Å². The zero-order chi connectivity index (χ0) is 14.2. The van der Waals surface area contributed by atoms with Gasteiger partial charge in [0.1, 0.15) is 6.04 Å². The van der Waals surface area contributed by atoms with E-state index >= 15 is 0 Å². The minimum atomic E-state index is -1.34. The third-order valence-electron chi connectivity index (χ3n) is 2.94. The Kier molecular flexibility index (Phi) is 5.09. The summed E-state index contributed by atoms with van der Waals surface area (Å²) in [7, 11) is 0. The van der Waals surface area contributed by atoms with Gasteiger partial charge in [0.25, 0.3) is 5.91 Å². The number of carbonyl (C=O) groups excluding carboxylic acids is 2. The van der Waals surface area contributed by atoms with E-state index in [0.29, 0.717) is 6.42 Å². The van der Waals surface area contributed by atoms with E-state index in [-0.39, 0.29) is 43.4 Å². The van der Waals surface area contributed by atoms with Gasteiger partial charge in [-0.3, -0.25) is 4.79 Å². The van der Waals surface area contributed by atoms with E-state index in [2.05, 4.69) is 0 Å². The largest absolute Gasteiger partial charge is 0.477 e. The summed E-state index contributed by atoms with van der Waals surface area (Å²) in [5.74, 6) is -2.56. The molecule has 1 amide bonds. The number of hydrogen-bond donors (Lipinski definition) is 2. The first-order chi connectivity index (χ1) is 8.97. The molecule has 1 fully saturated rings. The van der Waals surface area contributed by atoms with E-state index in [4.69, 9.17) is 10.5 Å². The monoisotopic (exact) mass is 305 g/mol. The zero-order valence-corrected chi connectivity index (χ0v) is 11.7. The van der Waals surface area contributed by atoms with Gasteiger partial charge in [-0.25, -0.2) is 19.6 Å². The summed E-state index contributed by atoms with van der Waals surface area (Å²) in [4.78, 5) is 34.9. The van der Waals surface area contributed by atoms with Gasteiger partial charge in [-0.15, -0.1) is 12.4 Å². The van der Waals surface area contributed by atoms with Gasteiger partial charge in [0.2, 0.25) is 0 Å². The molecule has 2 rings (SSSR count). The van der Waals surface area contributed by atoms with Crippen LogP contribution in [0.3, 0.4) is 0 Å². The zero-order valence-electron chi connectivity index (χ0n) is 10.9. The van der Waals surface area contributed by atoms with Crippen molar-refractivity contribution in [3.05, 3.63) is 11.3 Å². The van der Waals surface area contributed by atoms with Crippen LogP contribution in [0.1, 0.15) is 13.3 Å². The molecule has 0 aromatic carbocycles. The number of halogens is 1. The molecule has 0 saturated carbocycles. The van der Waals surface area contributed by atoms with E-state index in [1.165, 1.54) is 5.01 Å². The highest BCUT2D eigenvalue weighted by Crippen LogP contribution is 2.29. The first-order valence-electron chi connectivity index (χ1n) is 5.95. The van der Waals surface area contributed by atoms with Crippen molar-refractivity contribution in [1.29, 1.82) is 0 Å². The van der Waals surface area contributed by atoms with Crippen LogP contribution in [0.4, 0.5) is 0 Å². The number of aliphatic carboxylic acids is 1. The molecule has 0 unspecified atom stereocenters. The van der Waals surface area contributed by atoms with E-state index in [9.17, 15) is 19.5 Å². The fraction of sp³-hybridized carbons (Fsp3) is 0.545. The minimum Gasteiger partial charge on any atom is -0.477 e. The van der Waals surface area contributed by atoms with E-state index < -0.39 is 23.9 Å². The molecule has 0 spiro atoms. The standard InChI is InChI=1S/C11H15N3O5.ClH/c1-2-3-19-11(18)6-4-13-5-7(12)9(15)14(13)8(6)10(16)17;/h7H,2-5,12H2,1H3,(H,16,17);1H/t7-;/m0./s1. The molecule has 20 heavy (non-hydrogen) atoms. The van der Waals surface area contributed by atoms with Crippen LogP contribution in [0.25, 0.3) is 0 Å². The lowest BCUT2D eigenvalue weighted by Crippen LogP contribution is -2.37. The number of nitrogens with zero attached hydrogens (tertiary/aromatic N) is 2. The predicted molar refractivity (Wildman–Crippen MR) is 69.6 cm³/mol. The maximum atomic E-state index is 11.8. The van der Waals surface area contributed by atoms with Crippen LogP contribution in [-0.2, 0) is 19.1 Å². The number of ether oxygens (including phenoxy) is 1. The molecule has 112 valence electrons. The normalized spacial score (nSPS) is 21.8. The predicted octanol–water partition coefficient (Wildman–Crippen LogP) is -0.900. The Bertz CT molecular complexity index is 479. The molecule has 9 heteroatoms. The number of esters is 1. The number of carbonyl (C=O) groups is 3. The number of carboxylic acid groups (broad SMARTS) is 1. The van der Waals surface area contributed by atoms with Crippen molar-refractivity contribution in [3.63, 3.8) is 0 Å². The fourth-order valence-electron chi connectivity index (χ4n) is 2.12. The van der Waals surface area contributed by atoms with E-state index in [1.54, 1.807) is 0 Å². The average Bonchev–Trinajstić information content (AvgIpc) is 2.85. The fourth-order valence-corrected chi connectivity index (χ4v) is 2.12. The summed E-state index contributed by atoms with van der Waals surface area (Å²) in [6.45, 7) is 2.27. The van der Waals surface area contributed by atoms with Crippen LogP contribution >= 0.6 is 12.4 Å². The molecule has 1 saturated heterocycles. The Morgan fingerprint density at radius 2 is 2.15 bits per heavy atom. The molecule has 8 nitrogen and oxygen atoms in total. The number of rotatable bonds is 4. The first kappa shape index (κ1) is 16.4. The molecule has 0 bridgehead atoms. The van der Waals surface area contributed by atoms with E-state index in [0.717, 1.165) is 5.01 Å². The summed E-state index contributed by atoms with van der Waals surface area (Å²) in [6.07, 6.45) is 0.638. The number of hydrazine groups is 1. The third-order valence-corrected chi connectivity index (χ3v) is 2.94. The number of hydrogen-bond acceptors (Lipinski definition) is 6. The molecule has 2 heterocycles. The summed E-state index contributed by atoms with van der Waals surface area (Å²) in [5, 5.41) is 11.6. The Morgan fingerprint density at radius 1 is 1.50 bits per heavy atom.